The minimum absolute atomic E-state index is 1.19. The zero-order valence-electron chi connectivity index (χ0n) is 13.2. The molecule has 1 heteroatoms. The Balaban J connectivity index is 2.81. The van der Waals surface area contributed by atoms with E-state index >= 15 is 0 Å². The number of rotatable bonds is 10. The number of nitrogens with zero attached hydrogens (tertiary/aromatic N) is 1. The van der Waals surface area contributed by atoms with Gasteiger partial charge in [-0.2, -0.15) is 0 Å². The van der Waals surface area contributed by atoms with E-state index in [0.717, 1.165) is 0 Å². The van der Waals surface area contributed by atoms with Gasteiger partial charge in [-0.1, -0.05) is 51.8 Å². The van der Waals surface area contributed by atoms with Crippen molar-refractivity contribution in [2.24, 2.45) is 0 Å². The topological polar surface area (TPSA) is 0 Å². The number of hydrogen-bond acceptors (Lipinski definition) is 0. The maximum absolute atomic E-state index is 2.32. The van der Waals surface area contributed by atoms with Gasteiger partial charge >= 0.3 is 0 Å². The van der Waals surface area contributed by atoms with Crippen LogP contribution in [0.1, 0.15) is 59.3 Å². The fraction of sp³-hybridized carbons (Fsp3) is 0.667. The molecule has 0 heterocycles. The summed E-state index contributed by atoms with van der Waals surface area (Å²) in [6, 6.07) is 11.2. The average molecular weight is 262 g/mol. The van der Waals surface area contributed by atoms with Crippen molar-refractivity contribution in [3.8, 4) is 0 Å². The summed E-state index contributed by atoms with van der Waals surface area (Å²) in [4.78, 5) is 0. The van der Waals surface area contributed by atoms with Crippen LogP contribution in [0.15, 0.2) is 30.3 Å². The van der Waals surface area contributed by atoms with Crippen LogP contribution in [-0.2, 0) is 0 Å². The van der Waals surface area contributed by atoms with Crippen LogP contribution in [0, 0.1) is 0 Å². The molecule has 19 heavy (non-hydrogen) atoms. The molecule has 1 aromatic rings. The fourth-order valence-electron chi connectivity index (χ4n) is 3.16. The second kappa shape index (κ2) is 9.14. The van der Waals surface area contributed by atoms with E-state index in [1.807, 2.05) is 0 Å². The van der Waals surface area contributed by atoms with E-state index in [2.05, 4.69) is 51.1 Å². The summed E-state index contributed by atoms with van der Waals surface area (Å²) in [7, 11) is 0. The number of quaternary nitrogens is 1. The van der Waals surface area contributed by atoms with Crippen LogP contribution in [0.4, 0.5) is 5.69 Å². The number of hydrogen-bond donors (Lipinski definition) is 0. The van der Waals surface area contributed by atoms with Crippen LogP contribution >= 0.6 is 0 Å². The van der Waals surface area contributed by atoms with Crippen molar-refractivity contribution in [1.82, 2.24) is 4.48 Å². The molecule has 1 rings (SSSR count). The Labute approximate surface area is 120 Å². The highest BCUT2D eigenvalue weighted by Crippen LogP contribution is 2.25. The quantitative estimate of drug-likeness (QED) is 0.391. The molecular weight excluding hydrogens is 230 g/mol. The molecule has 0 N–H and O–H groups in total. The number of para-hydroxylation sites is 1. The van der Waals surface area contributed by atoms with Gasteiger partial charge in [0, 0.05) is 0 Å². The number of benzene rings is 1. The van der Waals surface area contributed by atoms with Crippen molar-refractivity contribution in [3.05, 3.63) is 30.3 Å². The molecule has 0 aliphatic heterocycles. The first-order valence-corrected chi connectivity index (χ1v) is 8.20. The van der Waals surface area contributed by atoms with Crippen molar-refractivity contribution in [2.75, 3.05) is 19.6 Å². The summed E-state index contributed by atoms with van der Waals surface area (Å²) in [6.45, 7) is 10.8. The van der Waals surface area contributed by atoms with Gasteiger partial charge in [-0.05, 0) is 37.8 Å². The molecule has 0 atom stereocenters. The van der Waals surface area contributed by atoms with Gasteiger partial charge < -0.3 is 0 Å². The zero-order valence-corrected chi connectivity index (χ0v) is 13.2. The summed E-state index contributed by atoms with van der Waals surface area (Å²) < 4.78 is 1.19. The minimum Gasteiger partial charge on any atom is -0.291 e. The SMILES string of the molecule is CCCCCC[N+](CCC)(CCC)c1ccccc1. The van der Waals surface area contributed by atoms with Crippen molar-refractivity contribution in [1.29, 1.82) is 0 Å². The van der Waals surface area contributed by atoms with Gasteiger partial charge in [0.15, 0.2) is 0 Å². The van der Waals surface area contributed by atoms with Gasteiger partial charge in [0.1, 0.15) is 5.69 Å². The van der Waals surface area contributed by atoms with E-state index in [1.54, 1.807) is 0 Å². The summed E-state index contributed by atoms with van der Waals surface area (Å²) in [5.41, 5.74) is 1.52. The lowest BCUT2D eigenvalue weighted by molar-refractivity contribution is 0.266. The molecule has 0 fully saturated rings. The van der Waals surface area contributed by atoms with Crippen LogP contribution in [0.3, 0.4) is 0 Å². The molecule has 108 valence electrons. The van der Waals surface area contributed by atoms with E-state index in [1.165, 1.54) is 68.3 Å². The first-order valence-electron chi connectivity index (χ1n) is 8.20. The Hall–Kier alpha value is -0.820. The Morgan fingerprint density at radius 2 is 1.32 bits per heavy atom. The fourth-order valence-corrected chi connectivity index (χ4v) is 3.16. The molecule has 0 unspecified atom stereocenters. The van der Waals surface area contributed by atoms with Crippen LogP contribution in [-0.4, -0.2) is 19.6 Å². The average Bonchev–Trinajstić information content (AvgIpc) is 2.45. The standard InChI is InChI=1S/C18H32N/c1-4-7-8-12-17-19(15-5-2,16-6-3)18-13-10-9-11-14-18/h9-11,13-14H,4-8,12,15-17H2,1-3H3/q+1. The normalized spacial score (nSPS) is 11.7. The molecule has 0 aromatic heterocycles. The summed E-state index contributed by atoms with van der Waals surface area (Å²) in [5, 5.41) is 0. The monoisotopic (exact) mass is 262 g/mol. The van der Waals surface area contributed by atoms with Gasteiger partial charge in [-0.15, -0.1) is 0 Å². The largest absolute Gasteiger partial charge is 0.291 e. The molecule has 1 nitrogen and oxygen atoms in total. The molecule has 0 spiro atoms. The third-order valence-electron chi connectivity index (χ3n) is 4.05. The first-order chi connectivity index (χ1) is 9.29. The van der Waals surface area contributed by atoms with Crippen molar-refractivity contribution < 1.29 is 0 Å². The highest BCUT2D eigenvalue weighted by Gasteiger charge is 2.27. The molecule has 0 aliphatic carbocycles. The highest BCUT2D eigenvalue weighted by molar-refractivity contribution is 5.42. The molecule has 0 bridgehead atoms. The van der Waals surface area contributed by atoms with Crippen LogP contribution in [0.25, 0.3) is 0 Å². The zero-order chi connectivity index (χ0) is 14.0. The van der Waals surface area contributed by atoms with Gasteiger partial charge in [0.2, 0.25) is 0 Å². The van der Waals surface area contributed by atoms with Crippen molar-refractivity contribution in [3.63, 3.8) is 0 Å². The third-order valence-corrected chi connectivity index (χ3v) is 4.05. The van der Waals surface area contributed by atoms with E-state index < -0.39 is 0 Å². The lowest BCUT2D eigenvalue weighted by Crippen LogP contribution is -2.51. The van der Waals surface area contributed by atoms with E-state index in [0.29, 0.717) is 0 Å². The Morgan fingerprint density at radius 3 is 1.84 bits per heavy atom. The van der Waals surface area contributed by atoms with Gasteiger partial charge in [-0.3, -0.25) is 4.48 Å². The van der Waals surface area contributed by atoms with E-state index in [-0.39, 0.29) is 0 Å². The summed E-state index contributed by atoms with van der Waals surface area (Å²) in [5.74, 6) is 0. The molecule has 0 aliphatic rings. The lowest BCUT2D eigenvalue weighted by atomic mass is 10.1. The smallest absolute Gasteiger partial charge is 0.132 e. The second-order valence-corrected chi connectivity index (χ2v) is 5.71. The summed E-state index contributed by atoms with van der Waals surface area (Å²) in [6.07, 6.45) is 7.99. The predicted molar refractivity (Wildman–Crippen MR) is 87.6 cm³/mol. The van der Waals surface area contributed by atoms with Crippen molar-refractivity contribution in [2.45, 2.75) is 59.3 Å². The predicted octanol–water partition coefficient (Wildman–Crippen LogP) is 5.39. The van der Waals surface area contributed by atoms with Gasteiger partial charge in [0.05, 0.1) is 19.6 Å². The molecule has 0 radical (unpaired) electrons. The Kier molecular flexibility index (Phi) is 7.81. The highest BCUT2D eigenvalue weighted by atomic mass is 15.4. The van der Waals surface area contributed by atoms with Gasteiger partial charge in [-0.25, -0.2) is 0 Å². The minimum atomic E-state index is 1.19. The maximum atomic E-state index is 2.32. The van der Waals surface area contributed by atoms with Crippen LogP contribution < -0.4 is 4.48 Å². The molecule has 1 aromatic carbocycles. The second-order valence-electron chi connectivity index (χ2n) is 5.71. The van der Waals surface area contributed by atoms with Crippen molar-refractivity contribution >= 4 is 5.69 Å². The molecule has 0 amide bonds. The van der Waals surface area contributed by atoms with E-state index in [4.69, 9.17) is 0 Å². The van der Waals surface area contributed by atoms with E-state index in [9.17, 15) is 0 Å². The van der Waals surface area contributed by atoms with Crippen LogP contribution in [0.5, 0.6) is 0 Å². The van der Waals surface area contributed by atoms with Crippen LogP contribution in [0.2, 0.25) is 0 Å². The third kappa shape index (κ3) is 4.99. The summed E-state index contributed by atoms with van der Waals surface area (Å²) >= 11 is 0. The number of unbranched alkanes of at least 4 members (excludes halogenated alkanes) is 3. The molecule has 0 saturated carbocycles. The lowest BCUT2D eigenvalue weighted by Gasteiger charge is -2.38. The Bertz CT molecular complexity index is 312. The van der Waals surface area contributed by atoms with Gasteiger partial charge in [0.25, 0.3) is 0 Å². The molecule has 0 saturated heterocycles. The first kappa shape index (κ1) is 16.2. The maximum Gasteiger partial charge on any atom is 0.132 e. The molecular formula is C18H32N+. The Morgan fingerprint density at radius 1 is 0.684 bits per heavy atom.